The van der Waals surface area contributed by atoms with Crippen molar-refractivity contribution in [2.75, 3.05) is 13.1 Å². The van der Waals surface area contributed by atoms with E-state index >= 15 is 0 Å². The zero-order chi connectivity index (χ0) is 17.2. The van der Waals surface area contributed by atoms with E-state index in [1.165, 1.54) is 0 Å². The van der Waals surface area contributed by atoms with Crippen LogP contribution in [0.1, 0.15) is 57.0 Å². The Morgan fingerprint density at radius 2 is 1.88 bits per heavy atom. The van der Waals surface area contributed by atoms with Gasteiger partial charge in [0.25, 0.3) is 0 Å². The van der Waals surface area contributed by atoms with Crippen molar-refractivity contribution >= 4 is 0 Å². The van der Waals surface area contributed by atoms with Crippen LogP contribution in [0, 0.1) is 5.92 Å². The standard InChI is InChI=1S/C19H27N3O2/c1-19(2,3)18-20-16(21-24-18)13-22-11-9-15(10-12-22)17(23)14-7-5-4-6-8-14/h4-8,15,17,23H,9-13H2,1-3H3. The number of hydrogen-bond donors (Lipinski definition) is 1. The van der Waals surface area contributed by atoms with E-state index in [-0.39, 0.29) is 11.5 Å². The number of benzene rings is 1. The molecule has 2 aromatic rings. The van der Waals surface area contributed by atoms with Gasteiger partial charge in [0.05, 0.1) is 12.6 Å². The number of piperidine rings is 1. The molecule has 0 saturated carbocycles. The molecule has 3 rings (SSSR count). The molecular formula is C19H27N3O2. The quantitative estimate of drug-likeness (QED) is 0.932. The van der Waals surface area contributed by atoms with Crippen LogP contribution in [0.2, 0.25) is 0 Å². The first-order valence-corrected chi connectivity index (χ1v) is 8.72. The van der Waals surface area contributed by atoms with Gasteiger partial charge in [0.1, 0.15) is 0 Å². The second-order valence-electron chi connectivity index (χ2n) is 7.73. The van der Waals surface area contributed by atoms with Crippen molar-refractivity contribution in [3.63, 3.8) is 0 Å². The van der Waals surface area contributed by atoms with Crippen molar-refractivity contribution in [2.45, 2.75) is 51.7 Å². The molecule has 1 aliphatic rings. The summed E-state index contributed by atoms with van der Waals surface area (Å²) in [4.78, 5) is 6.85. The molecule has 1 aliphatic heterocycles. The molecule has 1 N–H and O–H groups in total. The topological polar surface area (TPSA) is 62.4 Å². The molecule has 1 atom stereocenters. The third kappa shape index (κ3) is 4.02. The van der Waals surface area contributed by atoms with Crippen LogP contribution in [-0.2, 0) is 12.0 Å². The van der Waals surface area contributed by atoms with Crippen LogP contribution >= 0.6 is 0 Å². The highest BCUT2D eigenvalue weighted by Crippen LogP contribution is 2.31. The Labute approximate surface area is 143 Å². The summed E-state index contributed by atoms with van der Waals surface area (Å²) in [6.07, 6.45) is 1.60. The van der Waals surface area contributed by atoms with E-state index in [1.807, 2.05) is 30.3 Å². The maximum absolute atomic E-state index is 10.6. The van der Waals surface area contributed by atoms with Crippen molar-refractivity contribution in [1.82, 2.24) is 15.0 Å². The number of likely N-dealkylation sites (tertiary alicyclic amines) is 1. The molecule has 2 heterocycles. The van der Waals surface area contributed by atoms with Crippen LogP contribution < -0.4 is 0 Å². The van der Waals surface area contributed by atoms with Gasteiger partial charge in [-0.2, -0.15) is 4.98 Å². The van der Waals surface area contributed by atoms with Gasteiger partial charge < -0.3 is 9.63 Å². The van der Waals surface area contributed by atoms with Crippen LogP contribution in [0.3, 0.4) is 0 Å². The Kier molecular flexibility index (Phi) is 5.01. The number of hydrogen-bond acceptors (Lipinski definition) is 5. The fraction of sp³-hybridized carbons (Fsp3) is 0.579. The third-order valence-electron chi connectivity index (χ3n) is 4.69. The van der Waals surface area contributed by atoms with Crippen LogP contribution in [0.15, 0.2) is 34.9 Å². The molecule has 1 aromatic heterocycles. The average Bonchev–Trinajstić information content (AvgIpc) is 3.05. The average molecular weight is 329 g/mol. The van der Waals surface area contributed by atoms with Gasteiger partial charge in [-0.05, 0) is 37.4 Å². The Balaban J connectivity index is 1.53. The van der Waals surface area contributed by atoms with Crippen molar-refractivity contribution in [2.24, 2.45) is 5.92 Å². The van der Waals surface area contributed by atoms with Crippen molar-refractivity contribution in [3.05, 3.63) is 47.6 Å². The summed E-state index contributed by atoms with van der Waals surface area (Å²) in [6.45, 7) is 8.83. The summed E-state index contributed by atoms with van der Waals surface area (Å²) in [5, 5.41) is 14.7. The molecule has 0 spiro atoms. The Morgan fingerprint density at radius 1 is 1.21 bits per heavy atom. The van der Waals surface area contributed by atoms with E-state index in [4.69, 9.17) is 4.52 Å². The van der Waals surface area contributed by atoms with E-state index in [2.05, 4.69) is 35.8 Å². The van der Waals surface area contributed by atoms with Gasteiger partial charge in [0.15, 0.2) is 5.82 Å². The fourth-order valence-corrected chi connectivity index (χ4v) is 3.17. The zero-order valence-electron chi connectivity index (χ0n) is 14.8. The molecule has 1 unspecified atom stereocenters. The van der Waals surface area contributed by atoms with E-state index in [1.54, 1.807) is 0 Å². The van der Waals surface area contributed by atoms with Crippen LogP contribution in [0.4, 0.5) is 0 Å². The van der Waals surface area contributed by atoms with Gasteiger partial charge in [-0.3, -0.25) is 4.90 Å². The van der Waals surface area contributed by atoms with E-state index in [0.717, 1.165) is 37.3 Å². The van der Waals surface area contributed by atoms with Gasteiger partial charge >= 0.3 is 0 Å². The predicted molar refractivity (Wildman–Crippen MR) is 92.4 cm³/mol. The van der Waals surface area contributed by atoms with E-state index < -0.39 is 0 Å². The monoisotopic (exact) mass is 329 g/mol. The summed E-state index contributed by atoms with van der Waals surface area (Å²) < 4.78 is 5.36. The van der Waals surface area contributed by atoms with Crippen LogP contribution in [-0.4, -0.2) is 33.2 Å². The molecule has 5 heteroatoms. The maximum Gasteiger partial charge on any atom is 0.232 e. The highest BCUT2D eigenvalue weighted by atomic mass is 16.5. The lowest BCUT2D eigenvalue weighted by molar-refractivity contribution is 0.0558. The van der Waals surface area contributed by atoms with Crippen LogP contribution in [0.5, 0.6) is 0 Å². The summed E-state index contributed by atoms with van der Waals surface area (Å²) >= 11 is 0. The number of aromatic nitrogens is 2. The molecule has 5 nitrogen and oxygen atoms in total. The highest BCUT2D eigenvalue weighted by molar-refractivity contribution is 5.18. The molecule has 0 radical (unpaired) electrons. The van der Waals surface area contributed by atoms with Gasteiger partial charge in [-0.15, -0.1) is 0 Å². The number of aliphatic hydroxyl groups excluding tert-OH is 1. The van der Waals surface area contributed by atoms with Gasteiger partial charge in [0.2, 0.25) is 5.89 Å². The minimum Gasteiger partial charge on any atom is -0.388 e. The first-order chi connectivity index (χ1) is 11.4. The molecule has 1 fully saturated rings. The number of aliphatic hydroxyl groups is 1. The first-order valence-electron chi connectivity index (χ1n) is 8.72. The smallest absolute Gasteiger partial charge is 0.232 e. The Bertz CT molecular complexity index is 640. The lowest BCUT2D eigenvalue weighted by Gasteiger charge is -2.33. The lowest BCUT2D eigenvalue weighted by atomic mass is 9.87. The molecular weight excluding hydrogens is 302 g/mol. The third-order valence-corrected chi connectivity index (χ3v) is 4.69. The zero-order valence-corrected chi connectivity index (χ0v) is 14.8. The molecule has 24 heavy (non-hydrogen) atoms. The van der Waals surface area contributed by atoms with Crippen molar-refractivity contribution in [1.29, 1.82) is 0 Å². The molecule has 0 amide bonds. The number of rotatable bonds is 4. The molecule has 130 valence electrons. The second kappa shape index (κ2) is 7.03. The Morgan fingerprint density at radius 3 is 2.46 bits per heavy atom. The minimum atomic E-state index is -0.369. The summed E-state index contributed by atoms with van der Waals surface area (Å²) in [7, 11) is 0. The second-order valence-corrected chi connectivity index (χ2v) is 7.73. The summed E-state index contributed by atoms with van der Waals surface area (Å²) in [6, 6.07) is 9.96. The minimum absolute atomic E-state index is 0.113. The highest BCUT2D eigenvalue weighted by Gasteiger charge is 2.27. The molecule has 0 aliphatic carbocycles. The van der Waals surface area contributed by atoms with E-state index in [9.17, 15) is 5.11 Å². The first kappa shape index (κ1) is 17.1. The van der Waals surface area contributed by atoms with Gasteiger partial charge in [0, 0.05) is 5.41 Å². The SMILES string of the molecule is CC(C)(C)c1nc(CN2CCC(C(O)c3ccccc3)CC2)no1. The Hall–Kier alpha value is -1.72. The summed E-state index contributed by atoms with van der Waals surface area (Å²) in [5.74, 6) is 1.76. The molecule has 1 aromatic carbocycles. The van der Waals surface area contributed by atoms with Crippen molar-refractivity contribution < 1.29 is 9.63 Å². The van der Waals surface area contributed by atoms with Crippen LogP contribution in [0.25, 0.3) is 0 Å². The maximum atomic E-state index is 10.6. The lowest BCUT2D eigenvalue weighted by Crippen LogP contribution is -2.35. The molecule has 1 saturated heterocycles. The van der Waals surface area contributed by atoms with Crippen molar-refractivity contribution in [3.8, 4) is 0 Å². The largest absolute Gasteiger partial charge is 0.388 e. The normalized spacial score (nSPS) is 18.7. The predicted octanol–water partition coefficient (Wildman–Crippen LogP) is 3.31. The van der Waals surface area contributed by atoms with Gasteiger partial charge in [-0.1, -0.05) is 56.3 Å². The summed E-state index contributed by atoms with van der Waals surface area (Å²) in [5.41, 5.74) is 0.904. The fourth-order valence-electron chi connectivity index (χ4n) is 3.17. The van der Waals surface area contributed by atoms with Gasteiger partial charge in [-0.25, -0.2) is 0 Å². The number of nitrogens with zero attached hydrogens (tertiary/aromatic N) is 3. The van der Waals surface area contributed by atoms with E-state index in [0.29, 0.717) is 18.4 Å². The molecule has 0 bridgehead atoms.